The highest BCUT2D eigenvalue weighted by Crippen LogP contribution is 2.35. The Labute approximate surface area is 207 Å². The summed E-state index contributed by atoms with van der Waals surface area (Å²) in [4.78, 5) is 35.1. The van der Waals surface area contributed by atoms with Gasteiger partial charge in [-0.3, -0.25) is 14.6 Å². The fraction of sp³-hybridized carbons (Fsp3) is 0.483. The summed E-state index contributed by atoms with van der Waals surface area (Å²) in [5.74, 6) is 0.988. The van der Waals surface area contributed by atoms with E-state index in [9.17, 15) is 9.59 Å². The molecule has 2 saturated heterocycles. The second kappa shape index (κ2) is 10.2. The smallest absolute Gasteiger partial charge is 0.228 e. The molecule has 2 fully saturated rings. The molecule has 1 unspecified atom stereocenters. The van der Waals surface area contributed by atoms with E-state index in [1.54, 1.807) is 0 Å². The molecule has 0 aliphatic carbocycles. The van der Waals surface area contributed by atoms with E-state index in [1.165, 1.54) is 5.52 Å². The molecule has 35 heavy (non-hydrogen) atoms. The van der Waals surface area contributed by atoms with Gasteiger partial charge in [0.1, 0.15) is 0 Å². The Bertz CT molecular complexity index is 1160. The molecule has 0 spiro atoms. The molecule has 6 nitrogen and oxygen atoms in total. The zero-order valence-corrected chi connectivity index (χ0v) is 20.7. The summed E-state index contributed by atoms with van der Waals surface area (Å²) >= 11 is 0. The predicted molar refractivity (Wildman–Crippen MR) is 137 cm³/mol. The molecule has 3 aromatic rings. The van der Waals surface area contributed by atoms with Gasteiger partial charge in [0.05, 0.1) is 17.6 Å². The van der Waals surface area contributed by atoms with Crippen molar-refractivity contribution in [3.8, 4) is 0 Å². The molecule has 0 bridgehead atoms. The van der Waals surface area contributed by atoms with Crippen LogP contribution in [0.2, 0.25) is 0 Å². The number of carbonyl (C=O) groups excluding carboxylic acids is 2. The number of hydrogen-bond acceptors (Lipinski definition) is 3. The third-order valence-corrected chi connectivity index (χ3v) is 8.08. The first-order chi connectivity index (χ1) is 17.0. The zero-order chi connectivity index (χ0) is 24.3. The number of rotatable bonds is 5. The van der Waals surface area contributed by atoms with Gasteiger partial charge in [0.25, 0.3) is 0 Å². The summed E-state index contributed by atoms with van der Waals surface area (Å²) in [6, 6.07) is 14.1. The van der Waals surface area contributed by atoms with Crippen molar-refractivity contribution in [2.75, 3.05) is 26.2 Å². The van der Waals surface area contributed by atoms with E-state index in [2.05, 4.69) is 39.5 Å². The van der Waals surface area contributed by atoms with Crippen LogP contribution in [-0.4, -0.2) is 57.2 Å². The molecule has 5 rings (SSSR count). The SMILES string of the molecule is CC1(C(=O)N2CCCC(Cc3nccn4cccc34)CC2)CCN(C(=O)Cc2ccccc2)CC1. The Morgan fingerprint density at radius 2 is 1.74 bits per heavy atom. The van der Waals surface area contributed by atoms with Crippen LogP contribution in [0.3, 0.4) is 0 Å². The minimum Gasteiger partial charge on any atom is -0.342 e. The lowest BCUT2D eigenvalue weighted by molar-refractivity contribution is -0.147. The van der Waals surface area contributed by atoms with Crippen LogP contribution >= 0.6 is 0 Å². The van der Waals surface area contributed by atoms with E-state index in [0.717, 1.165) is 62.9 Å². The van der Waals surface area contributed by atoms with Crippen LogP contribution in [0.1, 0.15) is 50.3 Å². The maximum absolute atomic E-state index is 13.6. The van der Waals surface area contributed by atoms with Gasteiger partial charge in [-0.1, -0.05) is 37.3 Å². The lowest BCUT2D eigenvalue weighted by Crippen LogP contribution is -2.50. The Hall–Kier alpha value is -3.15. The maximum Gasteiger partial charge on any atom is 0.228 e. The quantitative estimate of drug-likeness (QED) is 0.554. The summed E-state index contributed by atoms with van der Waals surface area (Å²) in [6.45, 7) is 5.09. The number of likely N-dealkylation sites (tertiary alicyclic amines) is 2. The van der Waals surface area contributed by atoms with E-state index < -0.39 is 0 Å². The Morgan fingerprint density at radius 1 is 0.943 bits per heavy atom. The highest BCUT2D eigenvalue weighted by Gasteiger charge is 2.40. The second-order valence-electron chi connectivity index (χ2n) is 10.6. The first-order valence-electron chi connectivity index (χ1n) is 13.0. The van der Waals surface area contributed by atoms with Crippen LogP contribution in [0, 0.1) is 11.3 Å². The normalized spacial score (nSPS) is 20.5. The molecule has 1 atom stereocenters. The molecular weight excluding hydrogens is 436 g/mol. The predicted octanol–water partition coefficient (Wildman–Crippen LogP) is 4.38. The van der Waals surface area contributed by atoms with Gasteiger partial charge in [-0.25, -0.2) is 0 Å². The van der Waals surface area contributed by atoms with Crippen molar-refractivity contribution in [3.63, 3.8) is 0 Å². The topological polar surface area (TPSA) is 57.9 Å². The van der Waals surface area contributed by atoms with Crippen molar-refractivity contribution in [3.05, 3.63) is 72.3 Å². The van der Waals surface area contributed by atoms with E-state index in [4.69, 9.17) is 0 Å². The molecule has 2 amide bonds. The van der Waals surface area contributed by atoms with Gasteiger partial charge in [0.15, 0.2) is 0 Å². The van der Waals surface area contributed by atoms with Gasteiger partial charge in [-0.2, -0.15) is 0 Å². The molecule has 184 valence electrons. The summed E-state index contributed by atoms with van der Waals surface area (Å²) < 4.78 is 2.13. The first-order valence-corrected chi connectivity index (χ1v) is 13.0. The zero-order valence-electron chi connectivity index (χ0n) is 20.7. The third kappa shape index (κ3) is 5.26. The number of piperidine rings is 1. The molecule has 2 aliphatic rings. The largest absolute Gasteiger partial charge is 0.342 e. The average Bonchev–Trinajstić information content (AvgIpc) is 3.25. The van der Waals surface area contributed by atoms with Crippen LogP contribution in [0.4, 0.5) is 0 Å². The standard InChI is InChI=1S/C29H36N4O2/c1-29(12-18-32(19-13-29)27(34)22-23-7-3-2-4-8-23)28(35)33-16-5-9-24(11-17-33)21-25-26-10-6-15-31(26)20-14-30-25/h2-4,6-8,10,14-15,20,24H,5,9,11-13,16-19,21-22H2,1H3. The molecular formula is C29H36N4O2. The molecule has 0 N–H and O–H groups in total. The number of fused-ring (bicyclic) bond motifs is 1. The molecule has 0 saturated carbocycles. The Balaban J connectivity index is 1.15. The monoisotopic (exact) mass is 472 g/mol. The van der Waals surface area contributed by atoms with Crippen molar-refractivity contribution >= 4 is 17.3 Å². The summed E-state index contributed by atoms with van der Waals surface area (Å²) in [5.41, 5.74) is 3.01. The van der Waals surface area contributed by atoms with Crippen molar-refractivity contribution in [1.82, 2.24) is 19.2 Å². The maximum atomic E-state index is 13.6. The van der Waals surface area contributed by atoms with Crippen molar-refractivity contribution in [1.29, 1.82) is 0 Å². The number of amides is 2. The fourth-order valence-corrected chi connectivity index (χ4v) is 5.76. The lowest BCUT2D eigenvalue weighted by atomic mass is 9.78. The average molecular weight is 473 g/mol. The second-order valence-corrected chi connectivity index (χ2v) is 10.6. The number of hydrogen-bond donors (Lipinski definition) is 0. The van der Waals surface area contributed by atoms with Gasteiger partial charge in [-0.15, -0.1) is 0 Å². The summed E-state index contributed by atoms with van der Waals surface area (Å²) in [5, 5.41) is 0. The molecule has 6 heteroatoms. The number of carbonyl (C=O) groups is 2. The van der Waals surface area contributed by atoms with Gasteiger partial charge in [-0.05, 0) is 62.1 Å². The van der Waals surface area contributed by atoms with Crippen LogP contribution in [0.25, 0.3) is 5.52 Å². The fourth-order valence-electron chi connectivity index (χ4n) is 5.76. The molecule has 2 aliphatic heterocycles. The Kier molecular flexibility index (Phi) is 6.89. The van der Waals surface area contributed by atoms with Crippen molar-refractivity contribution in [2.45, 2.75) is 51.9 Å². The van der Waals surface area contributed by atoms with E-state index >= 15 is 0 Å². The van der Waals surface area contributed by atoms with E-state index in [-0.39, 0.29) is 17.2 Å². The molecule has 1 aromatic carbocycles. The minimum atomic E-state index is -0.373. The number of benzene rings is 1. The van der Waals surface area contributed by atoms with Gasteiger partial charge in [0.2, 0.25) is 11.8 Å². The van der Waals surface area contributed by atoms with Crippen LogP contribution < -0.4 is 0 Å². The lowest BCUT2D eigenvalue weighted by Gasteiger charge is -2.41. The molecule has 0 radical (unpaired) electrons. The van der Waals surface area contributed by atoms with Gasteiger partial charge < -0.3 is 14.2 Å². The third-order valence-electron chi connectivity index (χ3n) is 8.08. The van der Waals surface area contributed by atoms with Crippen LogP contribution in [0.5, 0.6) is 0 Å². The van der Waals surface area contributed by atoms with Crippen molar-refractivity contribution < 1.29 is 9.59 Å². The highest BCUT2D eigenvalue weighted by atomic mass is 16.2. The highest BCUT2D eigenvalue weighted by molar-refractivity contribution is 5.83. The summed E-state index contributed by atoms with van der Waals surface area (Å²) in [6.07, 6.45) is 12.0. The number of aromatic nitrogens is 2. The number of nitrogens with zero attached hydrogens (tertiary/aromatic N) is 4. The van der Waals surface area contributed by atoms with Crippen molar-refractivity contribution in [2.24, 2.45) is 11.3 Å². The summed E-state index contributed by atoms with van der Waals surface area (Å²) in [7, 11) is 0. The van der Waals surface area contributed by atoms with Gasteiger partial charge >= 0.3 is 0 Å². The van der Waals surface area contributed by atoms with E-state index in [0.29, 0.717) is 25.4 Å². The van der Waals surface area contributed by atoms with Crippen LogP contribution in [0.15, 0.2) is 61.1 Å². The molecule has 4 heterocycles. The molecule has 2 aromatic heterocycles. The first kappa shape index (κ1) is 23.6. The van der Waals surface area contributed by atoms with E-state index in [1.807, 2.05) is 47.6 Å². The van der Waals surface area contributed by atoms with Crippen LogP contribution in [-0.2, 0) is 22.4 Å². The minimum absolute atomic E-state index is 0.162. The van der Waals surface area contributed by atoms with Gasteiger partial charge in [0, 0.05) is 50.2 Å². The Morgan fingerprint density at radius 3 is 2.54 bits per heavy atom.